The average molecular weight is 276 g/mol. The first-order valence-corrected chi connectivity index (χ1v) is 7.92. The molecular formula is C19H16S. The summed E-state index contributed by atoms with van der Waals surface area (Å²) in [6.45, 7) is 2.15. The van der Waals surface area contributed by atoms with Crippen LogP contribution in [0.4, 0.5) is 0 Å². The second-order valence-corrected chi connectivity index (χ2v) is 6.55. The van der Waals surface area contributed by atoms with Gasteiger partial charge in [-0.05, 0) is 60.1 Å². The fourth-order valence-electron chi connectivity index (χ4n) is 2.98. The van der Waals surface area contributed by atoms with Crippen LogP contribution in [-0.2, 0) is 6.42 Å². The highest BCUT2D eigenvalue weighted by Crippen LogP contribution is 2.37. The van der Waals surface area contributed by atoms with Gasteiger partial charge in [-0.1, -0.05) is 42.0 Å². The number of rotatable bonds is 1. The van der Waals surface area contributed by atoms with Crippen LogP contribution in [0.1, 0.15) is 22.4 Å². The molecular weight excluding hydrogens is 260 g/mol. The van der Waals surface area contributed by atoms with Gasteiger partial charge in [-0.2, -0.15) is 0 Å². The summed E-state index contributed by atoms with van der Waals surface area (Å²) in [6, 6.07) is 15.7. The maximum Gasteiger partial charge on any atom is 0.0352 e. The molecule has 0 saturated heterocycles. The van der Waals surface area contributed by atoms with Gasteiger partial charge in [0, 0.05) is 9.58 Å². The van der Waals surface area contributed by atoms with Crippen LogP contribution in [0.25, 0.3) is 27.3 Å². The molecule has 0 aliphatic heterocycles. The molecule has 1 aliphatic rings. The molecule has 0 spiro atoms. The SMILES string of the molecule is Cc1cccc(-c2ccc3sc4c(c3c2)CCC=C4)c1. The van der Waals surface area contributed by atoms with Crippen LogP contribution in [0.15, 0.2) is 48.5 Å². The lowest BCUT2D eigenvalue weighted by molar-refractivity contribution is 1.01. The Morgan fingerprint density at radius 3 is 2.80 bits per heavy atom. The number of allylic oxidation sites excluding steroid dienone is 1. The first-order chi connectivity index (χ1) is 9.81. The zero-order valence-corrected chi connectivity index (χ0v) is 12.3. The second-order valence-electron chi connectivity index (χ2n) is 5.47. The molecule has 0 N–H and O–H groups in total. The van der Waals surface area contributed by atoms with Gasteiger partial charge in [0.2, 0.25) is 0 Å². The molecule has 4 rings (SSSR count). The maximum absolute atomic E-state index is 2.37. The molecule has 0 atom stereocenters. The minimum Gasteiger partial charge on any atom is -0.136 e. The van der Waals surface area contributed by atoms with Crippen LogP contribution in [0.5, 0.6) is 0 Å². The lowest BCUT2D eigenvalue weighted by Gasteiger charge is -2.06. The van der Waals surface area contributed by atoms with Crippen molar-refractivity contribution < 1.29 is 0 Å². The van der Waals surface area contributed by atoms with Crippen molar-refractivity contribution in [1.82, 2.24) is 0 Å². The van der Waals surface area contributed by atoms with E-state index in [1.165, 1.54) is 44.5 Å². The molecule has 98 valence electrons. The van der Waals surface area contributed by atoms with E-state index in [1.807, 2.05) is 11.3 Å². The molecule has 1 aromatic heterocycles. The predicted octanol–water partition coefficient (Wildman–Crippen LogP) is 5.84. The van der Waals surface area contributed by atoms with Crippen molar-refractivity contribution in [3.05, 3.63) is 64.5 Å². The van der Waals surface area contributed by atoms with Crippen LogP contribution < -0.4 is 0 Å². The van der Waals surface area contributed by atoms with Gasteiger partial charge in [0.05, 0.1) is 0 Å². The number of fused-ring (bicyclic) bond motifs is 3. The minimum atomic E-state index is 1.17. The molecule has 1 heteroatoms. The number of hydrogen-bond acceptors (Lipinski definition) is 1. The van der Waals surface area contributed by atoms with Gasteiger partial charge in [-0.15, -0.1) is 11.3 Å². The average Bonchev–Trinajstić information content (AvgIpc) is 2.85. The largest absolute Gasteiger partial charge is 0.136 e. The van der Waals surface area contributed by atoms with E-state index in [4.69, 9.17) is 0 Å². The highest BCUT2D eigenvalue weighted by atomic mass is 32.1. The Labute approximate surface area is 123 Å². The quantitative estimate of drug-likeness (QED) is 0.524. The zero-order valence-electron chi connectivity index (χ0n) is 11.5. The Kier molecular flexibility index (Phi) is 2.75. The van der Waals surface area contributed by atoms with Gasteiger partial charge in [0.1, 0.15) is 0 Å². The third kappa shape index (κ3) is 1.90. The topological polar surface area (TPSA) is 0 Å². The first-order valence-electron chi connectivity index (χ1n) is 7.10. The molecule has 0 bridgehead atoms. The summed E-state index contributed by atoms with van der Waals surface area (Å²) in [6.07, 6.45) is 6.94. The van der Waals surface area contributed by atoms with E-state index in [2.05, 4.69) is 61.5 Å². The predicted molar refractivity (Wildman–Crippen MR) is 89.4 cm³/mol. The van der Waals surface area contributed by atoms with Crippen molar-refractivity contribution in [2.45, 2.75) is 19.8 Å². The molecule has 1 heterocycles. The summed E-state index contributed by atoms with van der Waals surface area (Å²) in [5.74, 6) is 0. The van der Waals surface area contributed by atoms with Crippen LogP contribution in [0, 0.1) is 6.92 Å². The number of thiophene rings is 1. The number of aryl methyl sites for hydroxylation is 2. The minimum absolute atomic E-state index is 1.17. The molecule has 0 unspecified atom stereocenters. The molecule has 0 nitrogen and oxygen atoms in total. The number of hydrogen-bond donors (Lipinski definition) is 0. The Bertz CT molecular complexity index is 821. The fraction of sp³-hybridized carbons (Fsp3) is 0.158. The lowest BCUT2D eigenvalue weighted by Crippen LogP contribution is -1.89. The summed E-state index contributed by atoms with van der Waals surface area (Å²) in [5, 5.41) is 1.45. The standard InChI is InChI=1S/C19H16S/c1-13-5-4-6-14(11-13)15-9-10-19-17(12-15)16-7-2-3-8-18(16)20-19/h3-6,8-12H,2,7H2,1H3. The van der Waals surface area contributed by atoms with E-state index in [0.717, 1.165) is 0 Å². The normalized spacial score (nSPS) is 13.7. The summed E-state index contributed by atoms with van der Waals surface area (Å²) in [4.78, 5) is 1.45. The molecule has 20 heavy (non-hydrogen) atoms. The van der Waals surface area contributed by atoms with Gasteiger partial charge < -0.3 is 0 Å². The second kappa shape index (κ2) is 4.60. The van der Waals surface area contributed by atoms with Crippen LogP contribution in [0.2, 0.25) is 0 Å². The van der Waals surface area contributed by atoms with Crippen molar-refractivity contribution in [2.75, 3.05) is 0 Å². The van der Waals surface area contributed by atoms with Gasteiger partial charge in [-0.3, -0.25) is 0 Å². The summed E-state index contributed by atoms with van der Waals surface area (Å²) < 4.78 is 1.41. The smallest absolute Gasteiger partial charge is 0.0352 e. The highest BCUT2D eigenvalue weighted by molar-refractivity contribution is 7.20. The van der Waals surface area contributed by atoms with E-state index >= 15 is 0 Å². The van der Waals surface area contributed by atoms with Crippen molar-refractivity contribution in [1.29, 1.82) is 0 Å². The third-order valence-corrected chi connectivity index (χ3v) is 5.18. The third-order valence-electron chi connectivity index (χ3n) is 4.00. The molecule has 0 amide bonds. The number of benzene rings is 2. The van der Waals surface area contributed by atoms with Gasteiger partial charge >= 0.3 is 0 Å². The summed E-state index contributed by atoms with van der Waals surface area (Å²) in [5.41, 5.74) is 5.51. The van der Waals surface area contributed by atoms with Gasteiger partial charge in [-0.25, -0.2) is 0 Å². The van der Waals surface area contributed by atoms with Crippen molar-refractivity contribution in [3.63, 3.8) is 0 Å². The Balaban J connectivity index is 1.92. The maximum atomic E-state index is 2.37. The van der Waals surface area contributed by atoms with E-state index in [1.54, 1.807) is 5.56 Å². The first kappa shape index (κ1) is 11.9. The van der Waals surface area contributed by atoms with Crippen LogP contribution in [0.3, 0.4) is 0 Å². The Morgan fingerprint density at radius 2 is 1.90 bits per heavy atom. The Hall–Kier alpha value is -1.86. The van der Waals surface area contributed by atoms with Gasteiger partial charge in [0.25, 0.3) is 0 Å². The molecule has 0 saturated carbocycles. The van der Waals surface area contributed by atoms with Crippen molar-refractivity contribution >= 4 is 27.5 Å². The van der Waals surface area contributed by atoms with Crippen molar-refractivity contribution in [3.8, 4) is 11.1 Å². The highest BCUT2D eigenvalue weighted by Gasteiger charge is 2.13. The van der Waals surface area contributed by atoms with Gasteiger partial charge in [0.15, 0.2) is 0 Å². The molecule has 0 radical (unpaired) electrons. The monoisotopic (exact) mass is 276 g/mol. The van der Waals surface area contributed by atoms with Crippen LogP contribution in [-0.4, -0.2) is 0 Å². The van der Waals surface area contributed by atoms with Crippen LogP contribution >= 0.6 is 11.3 Å². The van der Waals surface area contributed by atoms with E-state index in [0.29, 0.717) is 0 Å². The Morgan fingerprint density at radius 1 is 1.00 bits per heavy atom. The van der Waals surface area contributed by atoms with E-state index in [9.17, 15) is 0 Å². The van der Waals surface area contributed by atoms with Crippen molar-refractivity contribution in [2.24, 2.45) is 0 Å². The fourth-order valence-corrected chi connectivity index (χ4v) is 4.15. The molecule has 3 aromatic rings. The molecule has 2 aromatic carbocycles. The summed E-state index contributed by atoms with van der Waals surface area (Å²) >= 11 is 1.92. The molecule has 1 aliphatic carbocycles. The summed E-state index contributed by atoms with van der Waals surface area (Å²) in [7, 11) is 0. The molecule has 0 fully saturated rings. The van der Waals surface area contributed by atoms with E-state index in [-0.39, 0.29) is 0 Å². The zero-order chi connectivity index (χ0) is 13.5. The van der Waals surface area contributed by atoms with E-state index < -0.39 is 0 Å². The lowest BCUT2D eigenvalue weighted by atomic mass is 9.97.